The van der Waals surface area contributed by atoms with Crippen LogP contribution in [0.15, 0.2) is 24.4 Å². The number of phenolic OH excluding ortho intramolecular Hbond substituents is 1. The molecule has 16 heavy (non-hydrogen) atoms. The third-order valence-electron chi connectivity index (χ3n) is 2.84. The van der Waals surface area contributed by atoms with Crippen LogP contribution in [0.1, 0.15) is 18.9 Å². The molecule has 0 fully saturated rings. The lowest BCUT2D eigenvalue weighted by atomic mass is 10.1. The van der Waals surface area contributed by atoms with Crippen LogP contribution in [-0.2, 0) is 13.0 Å². The smallest absolute Gasteiger partial charge is 0.125 e. The van der Waals surface area contributed by atoms with E-state index in [1.807, 2.05) is 12.1 Å². The van der Waals surface area contributed by atoms with Crippen LogP contribution in [0.25, 0.3) is 10.9 Å². The number of hydrogen-bond acceptors (Lipinski definition) is 2. The number of aromatic nitrogens is 1. The fraction of sp³-hybridized carbons (Fsp3) is 0.385. The molecular formula is C13H18N2O. The van der Waals surface area contributed by atoms with Gasteiger partial charge in [0.25, 0.3) is 0 Å². The van der Waals surface area contributed by atoms with Gasteiger partial charge in [-0.3, -0.25) is 0 Å². The van der Waals surface area contributed by atoms with Crippen LogP contribution in [0.2, 0.25) is 0 Å². The molecule has 1 aromatic heterocycles. The molecule has 0 aliphatic heterocycles. The largest absolute Gasteiger partial charge is 0.507 e. The minimum atomic E-state index is 0.357. The van der Waals surface area contributed by atoms with E-state index in [4.69, 9.17) is 5.73 Å². The molecule has 0 amide bonds. The summed E-state index contributed by atoms with van der Waals surface area (Å²) in [5.41, 5.74) is 7.84. The average molecular weight is 218 g/mol. The number of hydrogen-bond donors (Lipinski definition) is 2. The molecule has 3 heteroatoms. The first-order valence-electron chi connectivity index (χ1n) is 5.77. The molecule has 86 valence electrons. The van der Waals surface area contributed by atoms with Crippen molar-refractivity contribution in [3.05, 3.63) is 30.0 Å². The van der Waals surface area contributed by atoms with Crippen molar-refractivity contribution in [2.75, 3.05) is 6.54 Å². The first-order valence-corrected chi connectivity index (χ1v) is 5.77. The average Bonchev–Trinajstić information content (AvgIpc) is 2.60. The second-order valence-corrected chi connectivity index (χ2v) is 4.06. The van der Waals surface area contributed by atoms with E-state index in [9.17, 15) is 5.11 Å². The summed E-state index contributed by atoms with van der Waals surface area (Å²) in [5, 5.41) is 10.9. The van der Waals surface area contributed by atoms with Crippen molar-refractivity contribution >= 4 is 10.9 Å². The Balaban J connectivity index is 2.61. The summed E-state index contributed by atoms with van der Waals surface area (Å²) in [6.45, 7) is 3.74. The predicted octanol–water partition coefficient (Wildman–Crippen LogP) is 2.26. The number of nitrogens with zero attached hydrogens (tertiary/aromatic N) is 1. The van der Waals surface area contributed by atoms with Crippen LogP contribution in [-0.4, -0.2) is 16.2 Å². The zero-order chi connectivity index (χ0) is 11.5. The molecule has 0 saturated heterocycles. The second kappa shape index (κ2) is 4.58. The van der Waals surface area contributed by atoms with Gasteiger partial charge in [0.2, 0.25) is 0 Å². The lowest BCUT2D eigenvalue weighted by Gasteiger charge is -2.02. The van der Waals surface area contributed by atoms with Crippen LogP contribution >= 0.6 is 0 Å². The van der Waals surface area contributed by atoms with Crippen molar-refractivity contribution in [2.45, 2.75) is 26.3 Å². The Morgan fingerprint density at radius 2 is 2.19 bits per heavy atom. The summed E-state index contributed by atoms with van der Waals surface area (Å²) in [4.78, 5) is 0. The monoisotopic (exact) mass is 218 g/mol. The standard InChI is InChI=1S/C13H18N2O/c1-2-8-15-9-10(6-7-14)13-11(15)4-3-5-12(13)16/h3-5,9,16H,2,6-8,14H2,1H3. The maximum atomic E-state index is 9.91. The second-order valence-electron chi connectivity index (χ2n) is 4.06. The molecule has 0 unspecified atom stereocenters. The Hall–Kier alpha value is -1.48. The minimum absolute atomic E-state index is 0.357. The molecule has 2 aromatic rings. The van der Waals surface area contributed by atoms with E-state index in [0.717, 1.165) is 35.9 Å². The normalized spacial score (nSPS) is 11.1. The summed E-state index contributed by atoms with van der Waals surface area (Å²) < 4.78 is 2.19. The molecule has 0 saturated carbocycles. The van der Waals surface area contributed by atoms with Crippen LogP contribution < -0.4 is 5.73 Å². The summed E-state index contributed by atoms with van der Waals surface area (Å²) in [5.74, 6) is 0.357. The Morgan fingerprint density at radius 3 is 2.88 bits per heavy atom. The highest BCUT2D eigenvalue weighted by molar-refractivity contribution is 5.89. The van der Waals surface area contributed by atoms with Gasteiger partial charge in [0.05, 0.1) is 5.52 Å². The molecular weight excluding hydrogens is 200 g/mol. The first kappa shape index (κ1) is 11.0. The third kappa shape index (κ3) is 1.78. The van der Waals surface area contributed by atoms with Gasteiger partial charge in [-0.1, -0.05) is 13.0 Å². The van der Waals surface area contributed by atoms with Crippen molar-refractivity contribution in [3.63, 3.8) is 0 Å². The quantitative estimate of drug-likeness (QED) is 0.827. The van der Waals surface area contributed by atoms with Crippen LogP contribution in [0.3, 0.4) is 0 Å². The highest BCUT2D eigenvalue weighted by atomic mass is 16.3. The SMILES string of the molecule is CCCn1cc(CCN)c2c(O)cccc21. The number of aryl methyl sites for hydroxylation is 1. The van der Waals surface area contributed by atoms with Gasteiger partial charge < -0.3 is 15.4 Å². The van der Waals surface area contributed by atoms with Gasteiger partial charge in [-0.2, -0.15) is 0 Å². The molecule has 0 aliphatic rings. The number of phenols is 1. The van der Waals surface area contributed by atoms with Gasteiger partial charge in [0.1, 0.15) is 5.75 Å². The van der Waals surface area contributed by atoms with Crippen LogP contribution in [0.5, 0.6) is 5.75 Å². The lowest BCUT2D eigenvalue weighted by molar-refractivity contribution is 0.481. The van der Waals surface area contributed by atoms with Gasteiger partial charge in [0.15, 0.2) is 0 Å². The van der Waals surface area contributed by atoms with Gasteiger partial charge in [-0.25, -0.2) is 0 Å². The maximum absolute atomic E-state index is 9.91. The number of benzene rings is 1. The van der Waals surface area contributed by atoms with E-state index in [0.29, 0.717) is 12.3 Å². The van der Waals surface area contributed by atoms with Gasteiger partial charge >= 0.3 is 0 Å². The van der Waals surface area contributed by atoms with E-state index < -0.39 is 0 Å². The molecule has 0 radical (unpaired) electrons. The minimum Gasteiger partial charge on any atom is -0.507 e. The van der Waals surface area contributed by atoms with E-state index in [-0.39, 0.29) is 0 Å². The topological polar surface area (TPSA) is 51.2 Å². The van der Waals surface area contributed by atoms with Gasteiger partial charge in [-0.05, 0) is 37.1 Å². The Labute approximate surface area is 95.5 Å². The number of rotatable bonds is 4. The fourth-order valence-electron chi connectivity index (χ4n) is 2.19. The van der Waals surface area contributed by atoms with Crippen LogP contribution in [0.4, 0.5) is 0 Å². The van der Waals surface area contributed by atoms with E-state index >= 15 is 0 Å². The molecule has 0 atom stereocenters. The molecule has 1 aromatic carbocycles. The summed E-state index contributed by atoms with van der Waals surface area (Å²) >= 11 is 0. The fourth-order valence-corrected chi connectivity index (χ4v) is 2.19. The lowest BCUT2D eigenvalue weighted by Crippen LogP contribution is -2.02. The molecule has 3 N–H and O–H groups in total. The van der Waals surface area contributed by atoms with Crippen molar-refractivity contribution < 1.29 is 5.11 Å². The summed E-state index contributed by atoms with van der Waals surface area (Å²) in [6, 6.07) is 5.67. The number of aromatic hydroxyl groups is 1. The van der Waals surface area contributed by atoms with Gasteiger partial charge in [-0.15, -0.1) is 0 Å². The molecule has 0 bridgehead atoms. The molecule has 3 nitrogen and oxygen atoms in total. The van der Waals surface area contributed by atoms with E-state index in [1.165, 1.54) is 0 Å². The zero-order valence-electron chi connectivity index (χ0n) is 9.61. The highest BCUT2D eigenvalue weighted by Gasteiger charge is 2.10. The van der Waals surface area contributed by atoms with Gasteiger partial charge in [0, 0.05) is 18.1 Å². The Morgan fingerprint density at radius 1 is 1.38 bits per heavy atom. The van der Waals surface area contributed by atoms with Crippen molar-refractivity contribution in [1.82, 2.24) is 4.57 Å². The summed E-state index contributed by atoms with van der Waals surface area (Å²) in [7, 11) is 0. The summed E-state index contributed by atoms with van der Waals surface area (Å²) in [6.07, 6.45) is 4.01. The van der Waals surface area contributed by atoms with Crippen molar-refractivity contribution in [3.8, 4) is 5.75 Å². The number of fused-ring (bicyclic) bond motifs is 1. The predicted molar refractivity (Wildman–Crippen MR) is 66.7 cm³/mol. The van der Waals surface area contributed by atoms with E-state index in [1.54, 1.807) is 6.07 Å². The Kier molecular flexibility index (Phi) is 3.15. The van der Waals surface area contributed by atoms with Crippen molar-refractivity contribution in [1.29, 1.82) is 0 Å². The Bertz CT molecular complexity index is 488. The highest BCUT2D eigenvalue weighted by Crippen LogP contribution is 2.30. The molecule has 1 heterocycles. The molecule has 0 spiro atoms. The first-order chi connectivity index (χ1) is 7.77. The number of nitrogens with two attached hydrogens (primary N) is 1. The molecule has 0 aliphatic carbocycles. The molecule has 2 rings (SSSR count). The zero-order valence-corrected chi connectivity index (χ0v) is 9.61. The third-order valence-corrected chi connectivity index (χ3v) is 2.84. The van der Waals surface area contributed by atoms with E-state index in [2.05, 4.69) is 17.7 Å². The van der Waals surface area contributed by atoms with Crippen molar-refractivity contribution in [2.24, 2.45) is 5.73 Å². The van der Waals surface area contributed by atoms with Crippen LogP contribution in [0, 0.1) is 0 Å². The maximum Gasteiger partial charge on any atom is 0.125 e.